The first-order chi connectivity index (χ1) is 16.4. The molecule has 1 aromatic heterocycles. The Kier molecular flexibility index (Phi) is 7.31. The van der Waals surface area contributed by atoms with Crippen LogP contribution < -0.4 is 0 Å². The van der Waals surface area contributed by atoms with Crippen LogP contribution in [0.3, 0.4) is 0 Å². The van der Waals surface area contributed by atoms with Crippen LogP contribution in [0, 0.1) is 11.7 Å². The van der Waals surface area contributed by atoms with Crippen molar-refractivity contribution in [2.75, 3.05) is 12.9 Å². The van der Waals surface area contributed by atoms with Crippen molar-refractivity contribution in [1.29, 1.82) is 0 Å². The van der Waals surface area contributed by atoms with Crippen molar-refractivity contribution in [3.8, 4) is 11.4 Å². The lowest BCUT2D eigenvalue weighted by Crippen LogP contribution is -2.49. The average molecular weight is 483 g/mol. The lowest BCUT2D eigenvalue weighted by molar-refractivity contribution is -0.153. The molecule has 0 saturated carbocycles. The maximum atomic E-state index is 14.4. The monoisotopic (exact) mass is 482 g/mol. The van der Waals surface area contributed by atoms with E-state index >= 15 is 0 Å². The first-order valence-electron chi connectivity index (χ1n) is 11.1. The second-order valence-corrected chi connectivity index (χ2v) is 9.56. The molecule has 1 atom stereocenters. The molecule has 34 heavy (non-hydrogen) atoms. The molecule has 1 aliphatic rings. The zero-order valence-corrected chi connectivity index (χ0v) is 20.2. The standard InChI is InChI=1S/C25H27FN4O3S/c1-16(2)13-30-23(19-10-6-7-11-20(19)26)27-28-25(30)34-15-22(31)29-14-18-9-5-4-8-17(18)12-21(29)24(32)33-3/h4-11,16,21H,12-15H2,1-3H3. The number of benzene rings is 2. The quantitative estimate of drug-likeness (QED) is 0.375. The Morgan fingerprint density at radius 3 is 2.53 bits per heavy atom. The molecule has 0 radical (unpaired) electrons. The zero-order chi connectivity index (χ0) is 24.2. The number of esters is 1. The number of hydrogen-bond donors (Lipinski definition) is 0. The number of ether oxygens (including phenoxy) is 1. The first-order valence-corrected chi connectivity index (χ1v) is 12.1. The van der Waals surface area contributed by atoms with Crippen LogP contribution in [-0.2, 0) is 33.8 Å². The molecule has 2 aromatic carbocycles. The molecule has 0 saturated heterocycles. The van der Waals surface area contributed by atoms with Gasteiger partial charge in [-0.3, -0.25) is 4.79 Å². The van der Waals surface area contributed by atoms with E-state index in [9.17, 15) is 14.0 Å². The highest BCUT2D eigenvalue weighted by atomic mass is 32.2. The third kappa shape index (κ3) is 4.99. The molecule has 0 aliphatic carbocycles. The summed E-state index contributed by atoms with van der Waals surface area (Å²) in [5, 5.41) is 9.02. The minimum atomic E-state index is -0.671. The Labute approximate surface area is 202 Å². The number of halogens is 1. The normalized spacial score (nSPS) is 15.3. The molecule has 4 rings (SSSR count). The van der Waals surface area contributed by atoms with E-state index in [-0.39, 0.29) is 23.4 Å². The highest BCUT2D eigenvalue weighted by Gasteiger charge is 2.35. The van der Waals surface area contributed by atoms with Crippen molar-refractivity contribution < 1.29 is 18.7 Å². The van der Waals surface area contributed by atoms with E-state index in [1.54, 1.807) is 23.1 Å². The molecule has 9 heteroatoms. The maximum absolute atomic E-state index is 14.4. The summed E-state index contributed by atoms with van der Waals surface area (Å²) < 4.78 is 21.3. The van der Waals surface area contributed by atoms with Crippen molar-refractivity contribution in [3.63, 3.8) is 0 Å². The van der Waals surface area contributed by atoms with E-state index in [0.29, 0.717) is 36.1 Å². The number of fused-ring (bicyclic) bond motifs is 1. The summed E-state index contributed by atoms with van der Waals surface area (Å²) >= 11 is 1.24. The van der Waals surface area contributed by atoms with Gasteiger partial charge in [-0.25, -0.2) is 9.18 Å². The summed E-state index contributed by atoms with van der Waals surface area (Å²) in [5.74, 6) is -0.233. The summed E-state index contributed by atoms with van der Waals surface area (Å²) in [6.45, 7) is 5.03. The Bertz CT molecular complexity index is 1200. The molecule has 0 spiro atoms. The average Bonchev–Trinajstić information content (AvgIpc) is 3.22. The van der Waals surface area contributed by atoms with Crippen LogP contribution in [0.15, 0.2) is 53.7 Å². The van der Waals surface area contributed by atoms with Crippen molar-refractivity contribution >= 4 is 23.6 Å². The fraction of sp³-hybridized carbons (Fsp3) is 0.360. The number of thioether (sulfide) groups is 1. The Morgan fingerprint density at radius 1 is 1.12 bits per heavy atom. The summed E-state index contributed by atoms with van der Waals surface area (Å²) in [6, 6.07) is 13.6. The van der Waals surface area contributed by atoms with Crippen LogP contribution in [0.25, 0.3) is 11.4 Å². The lowest BCUT2D eigenvalue weighted by atomic mass is 9.94. The predicted octanol–water partition coefficient (Wildman–Crippen LogP) is 3.96. The van der Waals surface area contributed by atoms with E-state index in [0.717, 1.165) is 11.1 Å². The molecule has 178 valence electrons. The van der Waals surface area contributed by atoms with Crippen LogP contribution in [0.4, 0.5) is 4.39 Å². The van der Waals surface area contributed by atoms with Crippen molar-refractivity contribution in [3.05, 3.63) is 65.5 Å². The zero-order valence-electron chi connectivity index (χ0n) is 19.4. The summed E-state index contributed by atoms with van der Waals surface area (Å²) in [7, 11) is 1.33. The molecule has 0 N–H and O–H groups in total. The number of hydrogen-bond acceptors (Lipinski definition) is 6. The third-order valence-corrected chi connectivity index (χ3v) is 6.70. The fourth-order valence-corrected chi connectivity index (χ4v) is 4.94. The number of rotatable bonds is 7. The van der Waals surface area contributed by atoms with E-state index in [1.807, 2.05) is 28.8 Å². The Balaban J connectivity index is 1.56. The smallest absolute Gasteiger partial charge is 0.328 e. The number of carbonyl (C=O) groups excluding carboxylic acids is 2. The molecule has 1 amide bonds. The van der Waals surface area contributed by atoms with Crippen LogP contribution in [0.5, 0.6) is 0 Å². The topological polar surface area (TPSA) is 77.3 Å². The molecule has 1 unspecified atom stereocenters. The maximum Gasteiger partial charge on any atom is 0.328 e. The van der Waals surface area contributed by atoms with Gasteiger partial charge in [-0.1, -0.05) is 62.0 Å². The van der Waals surface area contributed by atoms with Crippen LogP contribution in [0.1, 0.15) is 25.0 Å². The van der Waals surface area contributed by atoms with Gasteiger partial charge in [0.25, 0.3) is 0 Å². The first kappa shape index (κ1) is 23.9. The van der Waals surface area contributed by atoms with Gasteiger partial charge >= 0.3 is 5.97 Å². The minimum absolute atomic E-state index is 0.0726. The van der Waals surface area contributed by atoms with Crippen molar-refractivity contribution in [2.45, 2.75) is 44.6 Å². The molecule has 7 nitrogen and oxygen atoms in total. The lowest BCUT2D eigenvalue weighted by Gasteiger charge is -2.35. The second-order valence-electron chi connectivity index (χ2n) is 8.61. The largest absolute Gasteiger partial charge is 0.467 e. The van der Waals surface area contributed by atoms with E-state index in [4.69, 9.17) is 4.74 Å². The van der Waals surface area contributed by atoms with Gasteiger partial charge < -0.3 is 14.2 Å². The summed E-state index contributed by atoms with van der Waals surface area (Å²) in [5.41, 5.74) is 2.43. The SMILES string of the molecule is COC(=O)C1Cc2ccccc2CN1C(=O)CSc1nnc(-c2ccccc2F)n1CC(C)C. The number of nitrogens with zero attached hydrogens (tertiary/aromatic N) is 4. The van der Waals surface area contributed by atoms with E-state index in [1.165, 1.54) is 24.9 Å². The predicted molar refractivity (Wildman–Crippen MR) is 127 cm³/mol. The van der Waals surface area contributed by atoms with Gasteiger partial charge in [-0.15, -0.1) is 10.2 Å². The molecule has 2 heterocycles. The van der Waals surface area contributed by atoms with Crippen LogP contribution in [-0.4, -0.2) is 50.4 Å². The van der Waals surface area contributed by atoms with Gasteiger partial charge in [0.05, 0.1) is 18.4 Å². The second kappa shape index (κ2) is 10.4. The number of methoxy groups -OCH3 is 1. The Hall–Kier alpha value is -3.20. The molecular weight excluding hydrogens is 455 g/mol. The molecule has 0 bridgehead atoms. The van der Waals surface area contributed by atoms with Gasteiger partial charge in [-0.2, -0.15) is 0 Å². The highest BCUT2D eigenvalue weighted by Crippen LogP contribution is 2.29. The number of amides is 1. The van der Waals surface area contributed by atoms with E-state index < -0.39 is 12.0 Å². The third-order valence-electron chi connectivity index (χ3n) is 5.75. The highest BCUT2D eigenvalue weighted by molar-refractivity contribution is 7.99. The van der Waals surface area contributed by atoms with Gasteiger partial charge in [0.15, 0.2) is 11.0 Å². The molecule has 3 aromatic rings. The minimum Gasteiger partial charge on any atom is -0.467 e. The van der Waals surface area contributed by atoms with Crippen molar-refractivity contribution in [2.24, 2.45) is 5.92 Å². The summed E-state index contributed by atoms with van der Waals surface area (Å²) in [6.07, 6.45) is 0.417. The van der Waals surface area contributed by atoms with Gasteiger partial charge in [0.2, 0.25) is 5.91 Å². The van der Waals surface area contributed by atoms with Gasteiger partial charge in [0, 0.05) is 19.5 Å². The molecule has 0 fully saturated rings. The van der Waals surface area contributed by atoms with Gasteiger partial charge in [-0.05, 0) is 29.2 Å². The molecular formula is C25H27FN4O3S. The molecule has 1 aliphatic heterocycles. The van der Waals surface area contributed by atoms with Crippen molar-refractivity contribution in [1.82, 2.24) is 19.7 Å². The van der Waals surface area contributed by atoms with Crippen LogP contribution >= 0.6 is 11.8 Å². The summed E-state index contributed by atoms with van der Waals surface area (Å²) in [4.78, 5) is 27.3. The van der Waals surface area contributed by atoms with Gasteiger partial charge in [0.1, 0.15) is 11.9 Å². The number of carbonyl (C=O) groups is 2. The van der Waals surface area contributed by atoms with Crippen LogP contribution in [0.2, 0.25) is 0 Å². The van der Waals surface area contributed by atoms with E-state index in [2.05, 4.69) is 24.0 Å². The Morgan fingerprint density at radius 2 is 1.82 bits per heavy atom. The number of aromatic nitrogens is 3. The fourth-order valence-electron chi connectivity index (χ4n) is 4.11.